The molecule has 0 aliphatic heterocycles. The Labute approximate surface area is 152 Å². The maximum Gasteiger partial charge on any atom is 0.278 e. The fourth-order valence-electron chi connectivity index (χ4n) is 3.08. The molecule has 0 spiro atoms. The van der Waals surface area contributed by atoms with Gasteiger partial charge in [0, 0.05) is 18.4 Å². The Morgan fingerprint density at radius 2 is 1.58 bits per heavy atom. The van der Waals surface area contributed by atoms with E-state index in [0.29, 0.717) is 5.69 Å². The highest BCUT2D eigenvalue weighted by Gasteiger charge is 2.18. The minimum absolute atomic E-state index is 0.127. The van der Waals surface area contributed by atoms with E-state index in [2.05, 4.69) is 11.2 Å². The van der Waals surface area contributed by atoms with Gasteiger partial charge in [-0.1, -0.05) is 48.5 Å². The molecule has 0 unspecified atom stereocenters. The number of anilines is 1. The van der Waals surface area contributed by atoms with Crippen LogP contribution in [0.25, 0.3) is 16.5 Å². The first-order valence-corrected chi connectivity index (χ1v) is 8.52. The maximum absolute atomic E-state index is 12.9. The van der Waals surface area contributed by atoms with E-state index in [1.807, 2.05) is 79.7 Å². The van der Waals surface area contributed by atoms with E-state index in [1.54, 1.807) is 16.6 Å². The Kier molecular flexibility index (Phi) is 4.01. The van der Waals surface area contributed by atoms with Crippen LogP contribution in [-0.2, 0) is 0 Å². The second-order valence-corrected chi connectivity index (χ2v) is 6.31. The van der Waals surface area contributed by atoms with Crippen molar-refractivity contribution in [2.24, 2.45) is 0 Å². The van der Waals surface area contributed by atoms with Crippen LogP contribution in [0, 0.1) is 6.92 Å². The molecule has 0 saturated carbocycles. The Hall–Kier alpha value is -3.40. The molecule has 3 aromatic carbocycles. The molecule has 1 aromatic heterocycles. The van der Waals surface area contributed by atoms with Crippen LogP contribution in [0.3, 0.4) is 0 Å². The molecular formula is C22H19N3O. The number of carbonyl (C=O) groups excluding carboxylic acids is 1. The topological polar surface area (TPSA) is 38.1 Å². The van der Waals surface area contributed by atoms with Gasteiger partial charge in [0.2, 0.25) is 0 Å². The maximum atomic E-state index is 12.9. The molecule has 0 radical (unpaired) electrons. The summed E-state index contributed by atoms with van der Waals surface area (Å²) in [6.45, 7) is 1.95. The number of nitrogens with zero attached hydrogens (tertiary/aromatic N) is 3. The molecule has 0 aliphatic rings. The highest BCUT2D eigenvalue weighted by molar-refractivity contribution is 6.05. The molecule has 26 heavy (non-hydrogen) atoms. The number of rotatable bonds is 3. The van der Waals surface area contributed by atoms with E-state index in [4.69, 9.17) is 0 Å². The molecule has 1 heterocycles. The monoisotopic (exact) mass is 341 g/mol. The number of fused-ring (bicyclic) bond motifs is 1. The van der Waals surface area contributed by atoms with E-state index in [-0.39, 0.29) is 5.91 Å². The molecule has 0 N–H and O–H groups in total. The van der Waals surface area contributed by atoms with Crippen molar-refractivity contribution in [1.82, 2.24) is 9.78 Å². The number of benzene rings is 3. The second-order valence-electron chi connectivity index (χ2n) is 6.31. The lowest BCUT2D eigenvalue weighted by Crippen LogP contribution is -2.26. The van der Waals surface area contributed by atoms with E-state index in [0.717, 1.165) is 27.8 Å². The first-order chi connectivity index (χ1) is 12.6. The van der Waals surface area contributed by atoms with Crippen molar-refractivity contribution in [2.75, 3.05) is 11.9 Å². The van der Waals surface area contributed by atoms with Gasteiger partial charge in [-0.2, -0.15) is 5.10 Å². The van der Waals surface area contributed by atoms with Crippen molar-refractivity contribution < 1.29 is 4.79 Å². The number of aromatic nitrogens is 2. The molecule has 4 aromatic rings. The molecule has 4 rings (SSSR count). The molecule has 0 saturated heterocycles. The molecule has 0 atom stereocenters. The lowest BCUT2D eigenvalue weighted by Gasteiger charge is -2.16. The van der Waals surface area contributed by atoms with E-state index in [1.165, 1.54) is 0 Å². The van der Waals surface area contributed by atoms with Crippen molar-refractivity contribution >= 4 is 22.4 Å². The van der Waals surface area contributed by atoms with Crippen molar-refractivity contribution in [1.29, 1.82) is 0 Å². The van der Waals surface area contributed by atoms with Gasteiger partial charge >= 0.3 is 0 Å². The number of aryl methyl sites for hydroxylation is 1. The van der Waals surface area contributed by atoms with Crippen LogP contribution in [0.15, 0.2) is 78.9 Å². The predicted octanol–water partition coefficient (Wildman–Crippen LogP) is 4.61. The van der Waals surface area contributed by atoms with E-state index >= 15 is 0 Å². The van der Waals surface area contributed by atoms with Crippen LogP contribution in [-0.4, -0.2) is 22.7 Å². The average Bonchev–Trinajstić information content (AvgIpc) is 3.09. The predicted molar refractivity (Wildman–Crippen MR) is 105 cm³/mol. The Morgan fingerprint density at radius 3 is 2.35 bits per heavy atom. The summed E-state index contributed by atoms with van der Waals surface area (Å²) in [4.78, 5) is 14.6. The van der Waals surface area contributed by atoms with Crippen molar-refractivity contribution in [3.05, 3.63) is 90.3 Å². The quantitative estimate of drug-likeness (QED) is 0.546. The normalized spacial score (nSPS) is 10.8. The minimum Gasteiger partial charge on any atom is -0.310 e. The number of amides is 1. The molecule has 128 valence electrons. The minimum atomic E-state index is -0.127. The molecular weight excluding hydrogens is 322 g/mol. The van der Waals surface area contributed by atoms with Gasteiger partial charge in [0.25, 0.3) is 5.91 Å². The zero-order chi connectivity index (χ0) is 18.1. The van der Waals surface area contributed by atoms with Gasteiger partial charge < -0.3 is 4.90 Å². The summed E-state index contributed by atoms with van der Waals surface area (Å²) in [5.41, 5.74) is 3.14. The molecule has 0 fully saturated rings. The van der Waals surface area contributed by atoms with Gasteiger partial charge in [-0.15, -0.1) is 0 Å². The van der Waals surface area contributed by atoms with Crippen molar-refractivity contribution in [2.45, 2.75) is 6.92 Å². The van der Waals surface area contributed by atoms with E-state index < -0.39 is 0 Å². The van der Waals surface area contributed by atoms with Crippen LogP contribution < -0.4 is 4.90 Å². The van der Waals surface area contributed by atoms with Gasteiger partial charge in [-0.25, -0.2) is 4.68 Å². The SMILES string of the molecule is Cc1cc(C(=O)N(C)c2ccc3ccccc3c2)nn1-c1ccccc1. The summed E-state index contributed by atoms with van der Waals surface area (Å²) in [5.74, 6) is -0.127. The number of hydrogen-bond donors (Lipinski definition) is 0. The third-order valence-corrected chi connectivity index (χ3v) is 4.53. The average molecular weight is 341 g/mol. The first kappa shape index (κ1) is 16.1. The van der Waals surface area contributed by atoms with Gasteiger partial charge in [-0.05, 0) is 48.0 Å². The highest BCUT2D eigenvalue weighted by Crippen LogP contribution is 2.23. The van der Waals surface area contributed by atoms with Gasteiger partial charge in [0.15, 0.2) is 5.69 Å². The molecule has 4 nitrogen and oxygen atoms in total. The number of para-hydroxylation sites is 1. The summed E-state index contributed by atoms with van der Waals surface area (Å²) in [7, 11) is 1.78. The highest BCUT2D eigenvalue weighted by atomic mass is 16.2. The molecule has 0 bridgehead atoms. The van der Waals surface area contributed by atoms with E-state index in [9.17, 15) is 4.79 Å². The zero-order valence-electron chi connectivity index (χ0n) is 14.8. The van der Waals surface area contributed by atoms with Crippen LogP contribution >= 0.6 is 0 Å². The second kappa shape index (κ2) is 6.48. The smallest absolute Gasteiger partial charge is 0.278 e. The van der Waals surface area contributed by atoms with Crippen LogP contribution in [0.2, 0.25) is 0 Å². The summed E-state index contributed by atoms with van der Waals surface area (Å²) in [6, 6.07) is 25.8. The fourth-order valence-corrected chi connectivity index (χ4v) is 3.08. The standard InChI is InChI=1S/C22H19N3O/c1-16-14-21(23-25(16)19-10-4-3-5-11-19)22(26)24(2)20-13-12-17-8-6-7-9-18(17)15-20/h3-15H,1-2H3. The van der Waals surface area contributed by atoms with Gasteiger partial charge in [-0.3, -0.25) is 4.79 Å². The fraction of sp³-hybridized carbons (Fsp3) is 0.0909. The van der Waals surface area contributed by atoms with Crippen LogP contribution in [0.1, 0.15) is 16.2 Å². The lowest BCUT2D eigenvalue weighted by atomic mass is 10.1. The third-order valence-electron chi connectivity index (χ3n) is 4.53. The number of carbonyl (C=O) groups is 1. The lowest BCUT2D eigenvalue weighted by molar-refractivity contribution is 0.0988. The summed E-state index contributed by atoms with van der Waals surface area (Å²) < 4.78 is 1.79. The van der Waals surface area contributed by atoms with Crippen molar-refractivity contribution in [3.63, 3.8) is 0 Å². The largest absolute Gasteiger partial charge is 0.310 e. The summed E-state index contributed by atoms with van der Waals surface area (Å²) >= 11 is 0. The molecule has 4 heteroatoms. The summed E-state index contributed by atoms with van der Waals surface area (Å²) in [6.07, 6.45) is 0. The first-order valence-electron chi connectivity index (χ1n) is 8.52. The molecule has 0 aliphatic carbocycles. The molecule has 1 amide bonds. The Balaban J connectivity index is 1.66. The van der Waals surface area contributed by atoms with Gasteiger partial charge in [0.1, 0.15) is 0 Å². The van der Waals surface area contributed by atoms with Crippen LogP contribution in [0.5, 0.6) is 0 Å². The van der Waals surface area contributed by atoms with Crippen LogP contribution in [0.4, 0.5) is 5.69 Å². The van der Waals surface area contributed by atoms with Crippen molar-refractivity contribution in [3.8, 4) is 5.69 Å². The zero-order valence-corrected chi connectivity index (χ0v) is 14.8. The number of hydrogen-bond acceptors (Lipinski definition) is 2. The third kappa shape index (κ3) is 2.86. The Bertz CT molecular complexity index is 1080. The Morgan fingerprint density at radius 1 is 0.885 bits per heavy atom. The summed E-state index contributed by atoms with van der Waals surface area (Å²) in [5, 5.41) is 6.78. The van der Waals surface area contributed by atoms with Gasteiger partial charge in [0.05, 0.1) is 5.69 Å².